The van der Waals surface area contributed by atoms with Crippen LogP contribution in [0, 0.1) is 11.8 Å². The van der Waals surface area contributed by atoms with E-state index in [9.17, 15) is 13.2 Å². The highest BCUT2D eigenvalue weighted by Crippen LogP contribution is 2.18. The van der Waals surface area contributed by atoms with Crippen LogP contribution in [0.4, 0.5) is 0 Å². The smallest absolute Gasteiger partial charge is 0.324 e. The maximum absolute atomic E-state index is 12.5. The van der Waals surface area contributed by atoms with Gasteiger partial charge < -0.3 is 9.47 Å². The van der Waals surface area contributed by atoms with Crippen LogP contribution in [0.5, 0.6) is 5.75 Å². The van der Waals surface area contributed by atoms with Crippen molar-refractivity contribution in [2.75, 3.05) is 13.7 Å². The number of carbonyl (C=O) groups excluding carboxylic acids is 1. The fourth-order valence-corrected chi connectivity index (χ4v) is 3.25. The summed E-state index contributed by atoms with van der Waals surface area (Å²) < 4.78 is 37.8. The quantitative estimate of drug-likeness (QED) is 0.687. The highest BCUT2D eigenvalue weighted by molar-refractivity contribution is 7.89. The summed E-state index contributed by atoms with van der Waals surface area (Å²) in [5.74, 6) is 0.0151. The van der Waals surface area contributed by atoms with E-state index in [4.69, 9.17) is 9.47 Å². The molecule has 0 spiro atoms. The van der Waals surface area contributed by atoms with Crippen LogP contribution < -0.4 is 9.46 Å². The van der Waals surface area contributed by atoms with Crippen molar-refractivity contribution >= 4 is 16.0 Å². The average molecular weight is 357 g/mol. The molecule has 0 saturated carbocycles. The van der Waals surface area contributed by atoms with Gasteiger partial charge in [-0.25, -0.2) is 8.42 Å². The van der Waals surface area contributed by atoms with E-state index in [-0.39, 0.29) is 23.3 Å². The molecular weight excluding hydrogens is 330 g/mol. The molecule has 1 N–H and O–H groups in total. The van der Waals surface area contributed by atoms with Gasteiger partial charge in [-0.1, -0.05) is 34.1 Å². The van der Waals surface area contributed by atoms with Crippen molar-refractivity contribution in [3.8, 4) is 5.75 Å². The predicted molar refractivity (Wildman–Crippen MR) is 92.4 cm³/mol. The largest absolute Gasteiger partial charge is 0.497 e. The topological polar surface area (TPSA) is 81.7 Å². The molecule has 1 aromatic rings. The average Bonchev–Trinajstić information content (AvgIpc) is 2.56. The van der Waals surface area contributed by atoms with Gasteiger partial charge in [-0.3, -0.25) is 4.79 Å². The number of benzene rings is 1. The van der Waals surface area contributed by atoms with Crippen molar-refractivity contribution in [2.24, 2.45) is 11.8 Å². The van der Waals surface area contributed by atoms with Crippen LogP contribution in [0.3, 0.4) is 0 Å². The Kier molecular flexibility index (Phi) is 7.69. The Morgan fingerprint density at radius 3 is 2.21 bits per heavy atom. The van der Waals surface area contributed by atoms with Crippen LogP contribution in [0.15, 0.2) is 29.2 Å². The van der Waals surface area contributed by atoms with Crippen molar-refractivity contribution < 1.29 is 22.7 Å². The third-order valence-corrected chi connectivity index (χ3v) is 5.13. The third kappa shape index (κ3) is 5.79. The maximum Gasteiger partial charge on any atom is 0.324 e. The first-order valence-electron chi connectivity index (χ1n) is 8.04. The van der Waals surface area contributed by atoms with Crippen LogP contribution >= 0.6 is 0 Å². The predicted octanol–water partition coefficient (Wildman–Crippen LogP) is 2.59. The summed E-state index contributed by atoms with van der Waals surface area (Å²) >= 11 is 0. The Bertz CT molecular complexity index is 625. The molecule has 0 aliphatic heterocycles. The Hall–Kier alpha value is -1.60. The van der Waals surface area contributed by atoms with Gasteiger partial charge in [0.1, 0.15) is 11.8 Å². The van der Waals surface area contributed by atoms with Gasteiger partial charge in [0.2, 0.25) is 10.0 Å². The van der Waals surface area contributed by atoms with E-state index < -0.39 is 22.0 Å². The highest BCUT2D eigenvalue weighted by Gasteiger charge is 2.31. The van der Waals surface area contributed by atoms with Crippen molar-refractivity contribution in [3.05, 3.63) is 24.3 Å². The molecule has 0 bridgehead atoms. The van der Waals surface area contributed by atoms with Crippen LogP contribution in [-0.2, 0) is 19.6 Å². The van der Waals surface area contributed by atoms with Gasteiger partial charge in [0.05, 0.1) is 18.6 Å². The molecule has 0 radical (unpaired) electrons. The molecule has 0 saturated heterocycles. The van der Waals surface area contributed by atoms with E-state index in [0.29, 0.717) is 12.2 Å². The number of nitrogens with one attached hydrogen (secondary N) is 1. The molecule has 1 aromatic carbocycles. The van der Waals surface area contributed by atoms with Gasteiger partial charge >= 0.3 is 5.97 Å². The molecule has 6 nitrogen and oxygen atoms in total. The standard InChI is InChI=1S/C17H27NO5S/c1-6-13(4)16(17(19)23-11-12(2)3)18-24(20,21)15-9-7-14(22-5)8-10-15/h7-10,12-13,16,18H,6,11H2,1-5H3/t13-,16-/m1/s1. The van der Waals surface area contributed by atoms with Crippen LogP contribution in [0.2, 0.25) is 0 Å². The summed E-state index contributed by atoms with van der Waals surface area (Å²) in [4.78, 5) is 12.4. The Morgan fingerprint density at radius 2 is 1.75 bits per heavy atom. The second kappa shape index (κ2) is 9.03. The molecule has 136 valence electrons. The van der Waals surface area contributed by atoms with E-state index in [2.05, 4.69) is 4.72 Å². The monoisotopic (exact) mass is 357 g/mol. The van der Waals surface area contributed by atoms with Crippen molar-refractivity contribution in [3.63, 3.8) is 0 Å². The fourth-order valence-electron chi connectivity index (χ4n) is 1.96. The molecule has 7 heteroatoms. The van der Waals surface area contributed by atoms with Crippen molar-refractivity contribution in [2.45, 2.75) is 45.1 Å². The Balaban J connectivity index is 2.96. The molecule has 2 atom stereocenters. The first-order valence-corrected chi connectivity index (χ1v) is 9.52. The molecule has 1 rings (SSSR count). The number of ether oxygens (including phenoxy) is 2. The van der Waals surface area contributed by atoms with Crippen LogP contribution in [0.25, 0.3) is 0 Å². The molecule has 24 heavy (non-hydrogen) atoms. The summed E-state index contributed by atoms with van der Waals surface area (Å²) in [6.07, 6.45) is 0.645. The number of hydrogen-bond acceptors (Lipinski definition) is 5. The minimum atomic E-state index is -3.83. The van der Waals surface area contributed by atoms with Crippen molar-refractivity contribution in [1.82, 2.24) is 4.72 Å². The zero-order valence-electron chi connectivity index (χ0n) is 14.9. The van der Waals surface area contributed by atoms with Crippen LogP contribution in [-0.4, -0.2) is 34.1 Å². The summed E-state index contributed by atoms with van der Waals surface area (Å²) in [7, 11) is -2.32. The second-order valence-corrected chi connectivity index (χ2v) is 7.90. The van der Waals surface area contributed by atoms with Gasteiger partial charge in [0, 0.05) is 0 Å². The lowest BCUT2D eigenvalue weighted by Crippen LogP contribution is -2.46. The summed E-state index contributed by atoms with van der Waals surface area (Å²) in [6, 6.07) is 5.08. The molecule has 0 aromatic heterocycles. The van der Waals surface area contributed by atoms with Crippen LogP contribution in [0.1, 0.15) is 34.1 Å². The van der Waals surface area contributed by atoms with E-state index in [0.717, 1.165) is 0 Å². The van der Waals surface area contributed by atoms with Gasteiger partial charge in [0.25, 0.3) is 0 Å². The van der Waals surface area contributed by atoms with E-state index in [1.54, 1.807) is 12.1 Å². The normalized spacial score (nSPS) is 14.2. The van der Waals surface area contributed by atoms with E-state index >= 15 is 0 Å². The molecule has 0 unspecified atom stereocenters. The summed E-state index contributed by atoms with van der Waals surface area (Å²) in [5, 5.41) is 0. The van der Waals surface area contributed by atoms with E-state index in [1.807, 2.05) is 27.7 Å². The first kappa shape index (κ1) is 20.4. The SMILES string of the molecule is CC[C@@H](C)[C@@H](NS(=O)(=O)c1ccc(OC)cc1)C(=O)OCC(C)C. The molecule has 0 aliphatic rings. The molecule has 0 aliphatic carbocycles. The summed E-state index contributed by atoms with van der Waals surface area (Å²) in [6.45, 7) is 7.82. The summed E-state index contributed by atoms with van der Waals surface area (Å²) in [5.41, 5.74) is 0. The number of methoxy groups -OCH3 is 1. The highest BCUT2D eigenvalue weighted by atomic mass is 32.2. The zero-order chi connectivity index (χ0) is 18.3. The van der Waals surface area contributed by atoms with Gasteiger partial charge in [-0.05, 0) is 36.1 Å². The zero-order valence-corrected chi connectivity index (χ0v) is 15.7. The lowest BCUT2D eigenvalue weighted by molar-refractivity contribution is -0.148. The minimum absolute atomic E-state index is 0.0771. The lowest BCUT2D eigenvalue weighted by atomic mass is 10.0. The third-order valence-electron chi connectivity index (χ3n) is 3.68. The second-order valence-electron chi connectivity index (χ2n) is 6.18. The van der Waals surface area contributed by atoms with Gasteiger partial charge in [0.15, 0.2) is 0 Å². The number of hydrogen-bond donors (Lipinski definition) is 1. The number of rotatable bonds is 9. The molecular formula is C17H27NO5S. The molecule has 0 amide bonds. The van der Waals surface area contributed by atoms with Gasteiger partial charge in [-0.2, -0.15) is 4.72 Å². The lowest BCUT2D eigenvalue weighted by Gasteiger charge is -2.23. The maximum atomic E-state index is 12.5. The fraction of sp³-hybridized carbons (Fsp3) is 0.588. The number of carbonyl (C=O) groups is 1. The first-order chi connectivity index (χ1) is 11.2. The van der Waals surface area contributed by atoms with Gasteiger partial charge in [-0.15, -0.1) is 0 Å². The number of esters is 1. The Labute approximate surface area is 144 Å². The molecule has 0 heterocycles. The number of sulfonamides is 1. The van der Waals surface area contributed by atoms with E-state index in [1.165, 1.54) is 19.2 Å². The Morgan fingerprint density at radius 1 is 1.17 bits per heavy atom. The minimum Gasteiger partial charge on any atom is -0.497 e. The van der Waals surface area contributed by atoms with Crippen molar-refractivity contribution in [1.29, 1.82) is 0 Å². The molecule has 0 fully saturated rings.